The van der Waals surface area contributed by atoms with Gasteiger partial charge in [-0.2, -0.15) is 0 Å². The average Bonchev–Trinajstić information content (AvgIpc) is 3.63. The molecule has 10 heteroatoms. The molecule has 2 aliphatic heterocycles. The number of anilines is 2. The lowest BCUT2D eigenvalue weighted by Crippen LogP contribution is -2.33. The van der Waals surface area contributed by atoms with Crippen molar-refractivity contribution in [1.82, 2.24) is 29.9 Å². The number of aryl methyl sites for hydroxylation is 1. The lowest BCUT2D eigenvalue weighted by Gasteiger charge is -2.33. The topological polar surface area (TPSA) is 67.0 Å². The van der Waals surface area contributed by atoms with Gasteiger partial charge in [-0.05, 0) is 81.2 Å². The highest BCUT2D eigenvalue weighted by Gasteiger charge is 2.42. The van der Waals surface area contributed by atoms with Gasteiger partial charge in [0.25, 0.3) is 0 Å². The highest BCUT2D eigenvalue weighted by molar-refractivity contribution is 7.80. The number of rotatable bonds is 5. The van der Waals surface area contributed by atoms with Crippen LogP contribution in [0.3, 0.4) is 0 Å². The van der Waals surface area contributed by atoms with E-state index in [0.29, 0.717) is 5.11 Å². The van der Waals surface area contributed by atoms with E-state index in [1.807, 2.05) is 29.1 Å². The summed E-state index contributed by atoms with van der Waals surface area (Å²) in [4.78, 5) is 9.27. The molecule has 0 amide bonds. The van der Waals surface area contributed by atoms with E-state index in [9.17, 15) is 0 Å². The molecule has 2 fully saturated rings. The maximum atomic E-state index is 6.93. The first-order valence-corrected chi connectivity index (χ1v) is 13.8. The Morgan fingerprint density at radius 1 is 1.03 bits per heavy atom. The number of hydrogen-bond donors (Lipinski definition) is 1. The molecule has 2 atom stereocenters. The van der Waals surface area contributed by atoms with Crippen LogP contribution >= 0.6 is 23.8 Å². The van der Waals surface area contributed by atoms with Gasteiger partial charge in [-0.15, -0.1) is 10.2 Å². The third-order valence-electron chi connectivity index (χ3n) is 7.82. The number of hydrogen-bond acceptors (Lipinski definition) is 5. The van der Waals surface area contributed by atoms with Crippen LogP contribution in [0.15, 0.2) is 61.3 Å². The van der Waals surface area contributed by atoms with E-state index < -0.39 is 0 Å². The number of pyridine rings is 1. The first-order chi connectivity index (χ1) is 18.4. The van der Waals surface area contributed by atoms with Gasteiger partial charge < -0.3 is 15.1 Å². The number of piperidine rings is 1. The van der Waals surface area contributed by atoms with Crippen LogP contribution in [0, 0.1) is 19.8 Å². The Kier molecular flexibility index (Phi) is 6.57. The summed E-state index contributed by atoms with van der Waals surface area (Å²) in [5.74, 6) is 0.763. The van der Waals surface area contributed by atoms with Gasteiger partial charge in [0.1, 0.15) is 12.7 Å². The Bertz CT molecular complexity index is 1440. The molecule has 0 radical (unpaired) electrons. The quantitative estimate of drug-likeness (QED) is 0.333. The van der Waals surface area contributed by atoms with Crippen molar-refractivity contribution in [3.63, 3.8) is 0 Å². The van der Waals surface area contributed by atoms with E-state index in [0.717, 1.165) is 58.1 Å². The number of halogens is 1. The summed E-state index contributed by atoms with van der Waals surface area (Å²) in [7, 11) is 0. The minimum atomic E-state index is -0.138. The lowest BCUT2D eigenvalue weighted by atomic mass is 9.96. The molecule has 6 rings (SSSR count). The Morgan fingerprint density at radius 2 is 1.79 bits per heavy atom. The molecule has 1 aromatic carbocycles. The van der Waals surface area contributed by atoms with Crippen molar-refractivity contribution in [2.75, 3.05) is 22.9 Å². The monoisotopic (exact) mass is 546 g/mol. The van der Waals surface area contributed by atoms with Crippen molar-refractivity contribution in [2.24, 2.45) is 5.92 Å². The first kappa shape index (κ1) is 24.9. The zero-order valence-corrected chi connectivity index (χ0v) is 23.3. The number of nitrogens with zero attached hydrogens (tertiary/aromatic N) is 7. The average molecular weight is 547 g/mol. The fraction of sp³-hybridized carbons (Fsp3) is 0.357. The molecule has 8 nitrogen and oxygen atoms in total. The summed E-state index contributed by atoms with van der Waals surface area (Å²) >= 11 is 12.9. The van der Waals surface area contributed by atoms with E-state index in [-0.39, 0.29) is 12.1 Å². The van der Waals surface area contributed by atoms with Crippen LogP contribution in [0.2, 0.25) is 5.02 Å². The largest absolute Gasteiger partial charge is 0.370 e. The molecular formula is C28H31ClN8S. The van der Waals surface area contributed by atoms with Crippen LogP contribution in [0.25, 0.3) is 0 Å². The summed E-state index contributed by atoms with van der Waals surface area (Å²) in [6.45, 7) is 8.59. The minimum absolute atomic E-state index is 0.133. The van der Waals surface area contributed by atoms with Crippen molar-refractivity contribution in [2.45, 2.75) is 45.7 Å². The number of benzene rings is 1. The van der Waals surface area contributed by atoms with Crippen LogP contribution in [0.4, 0.5) is 11.4 Å². The fourth-order valence-electron chi connectivity index (χ4n) is 5.83. The van der Waals surface area contributed by atoms with Crippen molar-refractivity contribution in [3.8, 4) is 0 Å². The Balaban J connectivity index is 1.43. The van der Waals surface area contributed by atoms with Crippen molar-refractivity contribution >= 4 is 40.3 Å². The molecule has 3 aromatic heterocycles. The molecule has 4 aromatic rings. The third-order valence-corrected chi connectivity index (χ3v) is 8.44. The maximum absolute atomic E-state index is 6.93. The normalized spacial score (nSPS) is 20.3. The van der Waals surface area contributed by atoms with Crippen LogP contribution < -0.4 is 15.1 Å². The highest BCUT2D eigenvalue weighted by atomic mass is 35.5. The molecule has 2 aliphatic rings. The standard InChI is InChI=1S/C28H31ClN8S/c1-18-9-12-34(13-10-18)25-8-7-21(15-23(25)29)36-27(26(33-28(36)38)24-6-4-5-11-30-24)22-14-19(2)37(20(22)3)35-16-31-32-17-35/h4-8,11,14-18,26-27H,9-10,12-13H2,1-3H3,(H,33,38). The molecule has 196 valence electrons. The van der Waals surface area contributed by atoms with Crippen molar-refractivity contribution in [1.29, 1.82) is 0 Å². The van der Waals surface area contributed by atoms with E-state index >= 15 is 0 Å². The Labute approximate surface area is 233 Å². The summed E-state index contributed by atoms with van der Waals surface area (Å²) in [6.07, 6.45) is 7.61. The molecular weight excluding hydrogens is 516 g/mol. The predicted molar refractivity (Wildman–Crippen MR) is 155 cm³/mol. The molecule has 2 unspecified atom stereocenters. The van der Waals surface area contributed by atoms with Gasteiger partial charge in [-0.25, -0.2) is 4.68 Å². The molecule has 0 bridgehead atoms. The number of aromatic nitrogens is 5. The van der Waals surface area contributed by atoms with Gasteiger partial charge in [0.05, 0.1) is 28.5 Å². The van der Waals surface area contributed by atoms with Gasteiger partial charge in [0.2, 0.25) is 0 Å². The van der Waals surface area contributed by atoms with Gasteiger partial charge in [-0.3, -0.25) is 9.66 Å². The zero-order valence-electron chi connectivity index (χ0n) is 21.8. The van der Waals surface area contributed by atoms with E-state index in [2.05, 4.69) is 75.0 Å². The maximum Gasteiger partial charge on any atom is 0.174 e. The Hall–Kier alpha value is -3.43. The smallest absolute Gasteiger partial charge is 0.174 e. The van der Waals surface area contributed by atoms with E-state index in [4.69, 9.17) is 28.8 Å². The molecule has 2 saturated heterocycles. The number of thiocarbonyl (C=S) groups is 1. The molecule has 0 spiro atoms. The van der Waals surface area contributed by atoms with Gasteiger partial charge >= 0.3 is 0 Å². The molecule has 5 heterocycles. The van der Waals surface area contributed by atoms with Gasteiger partial charge in [0, 0.05) is 41.9 Å². The van der Waals surface area contributed by atoms with E-state index in [1.54, 1.807) is 12.7 Å². The van der Waals surface area contributed by atoms with Crippen LogP contribution in [0.5, 0.6) is 0 Å². The SMILES string of the molecule is Cc1cc(C2C(c3ccccn3)NC(=S)N2c2ccc(N3CCC(C)CC3)c(Cl)c2)c(C)n1-n1cnnc1. The predicted octanol–water partition coefficient (Wildman–Crippen LogP) is 5.47. The fourth-order valence-corrected chi connectivity index (χ4v) is 6.47. The Morgan fingerprint density at radius 3 is 2.47 bits per heavy atom. The summed E-state index contributed by atoms with van der Waals surface area (Å²) in [5.41, 5.74) is 6.27. The van der Waals surface area contributed by atoms with Gasteiger partial charge in [-0.1, -0.05) is 24.6 Å². The van der Waals surface area contributed by atoms with Crippen molar-refractivity contribution < 1.29 is 0 Å². The molecule has 0 aliphatic carbocycles. The highest BCUT2D eigenvalue weighted by Crippen LogP contribution is 2.44. The van der Waals surface area contributed by atoms with Crippen molar-refractivity contribution in [3.05, 3.63) is 89.0 Å². The number of nitrogens with one attached hydrogen (secondary N) is 1. The minimum Gasteiger partial charge on any atom is -0.370 e. The van der Waals surface area contributed by atoms with Crippen LogP contribution in [-0.2, 0) is 0 Å². The molecule has 38 heavy (non-hydrogen) atoms. The van der Waals surface area contributed by atoms with Crippen LogP contribution in [0.1, 0.15) is 54.5 Å². The lowest BCUT2D eigenvalue weighted by molar-refractivity contribution is 0.438. The molecule has 0 saturated carbocycles. The summed E-state index contributed by atoms with van der Waals surface area (Å²) in [6, 6.07) is 14.3. The zero-order chi connectivity index (χ0) is 26.4. The second-order valence-corrected chi connectivity index (χ2v) is 11.1. The first-order valence-electron chi connectivity index (χ1n) is 13.0. The van der Waals surface area contributed by atoms with Gasteiger partial charge in [0.15, 0.2) is 5.11 Å². The van der Waals surface area contributed by atoms with E-state index in [1.165, 1.54) is 12.8 Å². The second-order valence-electron chi connectivity index (χ2n) is 10.3. The summed E-state index contributed by atoms with van der Waals surface area (Å²) < 4.78 is 4.00. The van der Waals surface area contributed by atoms with Crippen LogP contribution in [-0.4, -0.2) is 42.7 Å². The summed E-state index contributed by atoms with van der Waals surface area (Å²) in [5, 5.41) is 13.0. The third kappa shape index (κ3) is 4.33. The molecule has 1 N–H and O–H groups in total. The second kappa shape index (κ2) is 10.0.